The van der Waals surface area contributed by atoms with E-state index in [0.717, 1.165) is 40.8 Å². The first-order valence-corrected chi connectivity index (χ1v) is 15.3. The number of carbonyl (C=O) groups is 3. The van der Waals surface area contributed by atoms with Crippen LogP contribution in [0.5, 0.6) is 0 Å². The van der Waals surface area contributed by atoms with Crippen LogP contribution < -0.4 is 10.2 Å². The maximum absolute atomic E-state index is 13.1. The molecule has 44 heavy (non-hydrogen) atoms. The molecule has 1 unspecified atom stereocenters. The van der Waals surface area contributed by atoms with Crippen molar-refractivity contribution in [2.45, 2.75) is 78.3 Å². The molecule has 1 fully saturated rings. The number of aromatic nitrogens is 2. The van der Waals surface area contributed by atoms with E-state index in [9.17, 15) is 14.4 Å². The molecule has 3 atom stereocenters. The summed E-state index contributed by atoms with van der Waals surface area (Å²) in [6.45, 7) is 10.3. The van der Waals surface area contributed by atoms with Crippen LogP contribution in [0.4, 0.5) is 15.3 Å². The van der Waals surface area contributed by atoms with Crippen molar-refractivity contribution in [1.82, 2.24) is 20.0 Å². The first-order chi connectivity index (χ1) is 20.9. The van der Waals surface area contributed by atoms with Gasteiger partial charge in [-0.2, -0.15) is 5.10 Å². The molecule has 0 radical (unpaired) electrons. The highest BCUT2D eigenvalue weighted by Crippen LogP contribution is 2.49. The zero-order valence-corrected chi connectivity index (χ0v) is 26.4. The largest absolute Gasteiger partial charge is 0.445 e. The Kier molecular flexibility index (Phi) is 8.99. The molecule has 2 aromatic carbocycles. The number of amides is 3. The second kappa shape index (κ2) is 12.7. The molecular weight excluding hydrogens is 558 g/mol. The number of anilines is 1. The van der Waals surface area contributed by atoms with Gasteiger partial charge >= 0.3 is 12.2 Å². The summed E-state index contributed by atoms with van der Waals surface area (Å²) in [7, 11) is 1.71. The van der Waals surface area contributed by atoms with E-state index in [1.165, 1.54) is 4.90 Å². The van der Waals surface area contributed by atoms with E-state index in [2.05, 4.69) is 17.3 Å². The molecule has 1 N–H and O–H groups in total. The van der Waals surface area contributed by atoms with Gasteiger partial charge in [-0.15, -0.1) is 0 Å². The van der Waals surface area contributed by atoms with Crippen molar-refractivity contribution in [2.24, 2.45) is 11.8 Å². The van der Waals surface area contributed by atoms with Gasteiger partial charge in [0.2, 0.25) is 5.91 Å². The summed E-state index contributed by atoms with van der Waals surface area (Å²) in [4.78, 5) is 41.9. The fourth-order valence-electron chi connectivity index (χ4n) is 5.96. The number of hydrogen-bond acceptors (Lipinski definition) is 6. The molecule has 0 saturated heterocycles. The van der Waals surface area contributed by atoms with Crippen LogP contribution in [0.2, 0.25) is 0 Å². The van der Waals surface area contributed by atoms with Crippen LogP contribution in [0.1, 0.15) is 64.6 Å². The quantitative estimate of drug-likeness (QED) is 0.331. The number of ether oxygens (including phenoxy) is 2. The number of carbonyl (C=O) groups excluding carboxylic acids is 3. The Morgan fingerprint density at radius 2 is 1.80 bits per heavy atom. The fraction of sp³-hybridized carbons (Fsp3) is 0.471. The molecule has 3 aromatic rings. The standard InChI is InChI=1S/C34H43N5O5/c1-22-30(36-32(41)43-21-24-10-8-7-9-11-24)28-18-26(14-15-29(28)39(23(2)40)31(22)25-12-13-25)27-19-35-38(20-27)17-16-37(6)33(42)44-34(3,4)5/h7-11,14-15,18-20,22,25,30-31H,12-13,16-17,21H2,1-6H3,(H,36,41)/t22-,30?,31-/m1/s1. The van der Waals surface area contributed by atoms with Gasteiger partial charge in [0.1, 0.15) is 12.2 Å². The maximum atomic E-state index is 13.1. The molecule has 3 amide bonds. The monoisotopic (exact) mass is 601 g/mol. The normalized spacial score (nSPS) is 19.6. The second-order valence-electron chi connectivity index (χ2n) is 12.9. The molecule has 1 aliphatic heterocycles. The van der Waals surface area contributed by atoms with Crippen molar-refractivity contribution >= 4 is 23.8 Å². The summed E-state index contributed by atoms with van der Waals surface area (Å²) < 4.78 is 12.8. The summed E-state index contributed by atoms with van der Waals surface area (Å²) >= 11 is 0. The van der Waals surface area contributed by atoms with Crippen LogP contribution in [0.3, 0.4) is 0 Å². The van der Waals surface area contributed by atoms with E-state index in [1.54, 1.807) is 24.9 Å². The predicted molar refractivity (Wildman–Crippen MR) is 168 cm³/mol. The van der Waals surface area contributed by atoms with Gasteiger partial charge in [-0.3, -0.25) is 9.48 Å². The number of rotatable bonds is 8. The van der Waals surface area contributed by atoms with E-state index in [1.807, 2.05) is 80.4 Å². The number of nitrogens with zero attached hydrogens (tertiary/aromatic N) is 4. The molecular formula is C34H43N5O5. The Bertz CT molecular complexity index is 1490. The molecule has 0 bridgehead atoms. The molecule has 1 aliphatic carbocycles. The lowest BCUT2D eigenvalue weighted by Crippen LogP contribution is -2.53. The highest BCUT2D eigenvalue weighted by atomic mass is 16.6. The Hall–Kier alpha value is -4.34. The number of alkyl carbamates (subject to hydrolysis) is 1. The van der Waals surface area contributed by atoms with Crippen molar-refractivity contribution in [1.29, 1.82) is 0 Å². The topological polar surface area (TPSA) is 106 Å². The minimum absolute atomic E-state index is 0.00464. The zero-order chi connectivity index (χ0) is 31.6. The Labute approximate surface area is 259 Å². The van der Waals surface area contributed by atoms with Crippen molar-refractivity contribution in [3.05, 3.63) is 72.1 Å². The molecule has 10 nitrogen and oxygen atoms in total. The van der Waals surface area contributed by atoms with Gasteiger partial charge in [-0.05, 0) is 68.4 Å². The zero-order valence-electron chi connectivity index (χ0n) is 26.4. The Morgan fingerprint density at radius 3 is 2.45 bits per heavy atom. The third kappa shape index (κ3) is 7.23. The average molecular weight is 602 g/mol. The number of fused-ring (bicyclic) bond motifs is 1. The summed E-state index contributed by atoms with van der Waals surface area (Å²) in [6.07, 6.45) is 4.99. The predicted octanol–water partition coefficient (Wildman–Crippen LogP) is 6.17. The summed E-state index contributed by atoms with van der Waals surface area (Å²) in [5, 5.41) is 7.66. The molecule has 5 rings (SSSR count). The summed E-state index contributed by atoms with van der Waals surface area (Å²) in [5.74, 6) is 0.378. The van der Waals surface area contributed by atoms with Crippen molar-refractivity contribution in [3.8, 4) is 11.1 Å². The van der Waals surface area contributed by atoms with Crippen LogP contribution in [0.25, 0.3) is 11.1 Å². The molecule has 2 aliphatic rings. The van der Waals surface area contributed by atoms with Gasteiger partial charge in [0.25, 0.3) is 0 Å². The van der Waals surface area contributed by atoms with Gasteiger partial charge in [0, 0.05) is 49.9 Å². The molecule has 234 valence electrons. The van der Waals surface area contributed by atoms with Crippen LogP contribution in [0, 0.1) is 11.8 Å². The highest BCUT2D eigenvalue weighted by molar-refractivity contribution is 5.94. The Balaban J connectivity index is 1.37. The van der Waals surface area contributed by atoms with Crippen LogP contribution in [-0.4, -0.2) is 58.0 Å². The minimum atomic E-state index is -0.559. The van der Waals surface area contributed by atoms with Crippen molar-refractivity contribution < 1.29 is 23.9 Å². The maximum Gasteiger partial charge on any atom is 0.410 e. The van der Waals surface area contributed by atoms with Gasteiger partial charge in [-0.25, -0.2) is 9.59 Å². The second-order valence-corrected chi connectivity index (χ2v) is 12.9. The summed E-state index contributed by atoms with van der Waals surface area (Å²) in [6, 6.07) is 15.3. The highest BCUT2D eigenvalue weighted by Gasteiger charge is 2.48. The van der Waals surface area contributed by atoms with Gasteiger partial charge in [0.15, 0.2) is 0 Å². The average Bonchev–Trinajstić information content (AvgIpc) is 3.71. The Morgan fingerprint density at radius 1 is 1.07 bits per heavy atom. The van der Waals surface area contributed by atoms with Crippen LogP contribution in [0.15, 0.2) is 60.9 Å². The van der Waals surface area contributed by atoms with Crippen molar-refractivity contribution in [3.63, 3.8) is 0 Å². The lowest BCUT2D eigenvalue weighted by Gasteiger charge is -2.45. The lowest BCUT2D eigenvalue weighted by atomic mass is 9.79. The SMILES string of the molecule is CC(=O)N1c2ccc(-c3cnn(CCN(C)C(=O)OC(C)(C)C)c3)cc2C(NC(=O)OCc2ccccc2)[C@@H](C)[C@@H]1C1CC1. The number of hydrogen-bond donors (Lipinski definition) is 1. The molecule has 1 saturated carbocycles. The third-order valence-electron chi connectivity index (χ3n) is 8.25. The van der Waals surface area contributed by atoms with Crippen LogP contribution in [-0.2, 0) is 27.4 Å². The third-order valence-corrected chi connectivity index (χ3v) is 8.25. The van der Waals surface area contributed by atoms with E-state index in [-0.39, 0.29) is 36.6 Å². The smallest absolute Gasteiger partial charge is 0.410 e. The van der Waals surface area contributed by atoms with E-state index < -0.39 is 11.7 Å². The first kappa shape index (κ1) is 31.1. The number of likely N-dealkylation sites (N-methyl/N-ethyl adjacent to an activating group) is 1. The van der Waals surface area contributed by atoms with E-state index >= 15 is 0 Å². The number of benzene rings is 2. The van der Waals surface area contributed by atoms with Gasteiger partial charge in [0.05, 0.1) is 18.8 Å². The van der Waals surface area contributed by atoms with Crippen LogP contribution >= 0.6 is 0 Å². The first-order valence-electron chi connectivity index (χ1n) is 15.3. The fourth-order valence-corrected chi connectivity index (χ4v) is 5.96. The molecule has 0 spiro atoms. The lowest BCUT2D eigenvalue weighted by molar-refractivity contribution is -0.117. The van der Waals surface area contributed by atoms with E-state index in [4.69, 9.17) is 9.47 Å². The molecule has 10 heteroatoms. The molecule has 2 heterocycles. The van der Waals surface area contributed by atoms with Crippen molar-refractivity contribution in [2.75, 3.05) is 18.5 Å². The summed E-state index contributed by atoms with van der Waals surface area (Å²) in [5.41, 5.74) is 3.85. The number of nitrogens with one attached hydrogen (secondary N) is 1. The minimum Gasteiger partial charge on any atom is -0.445 e. The van der Waals surface area contributed by atoms with E-state index in [0.29, 0.717) is 19.0 Å². The van der Waals surface area contributed by atoms with Gasteiger partial charge in [-0.1, -0.05) is 43.3 Å². The van der Waals surface area contributed by atoms with Gasteiger partial charge < -0.3 is 24.6 Å². The molecule has 1 aromatic heterocycles.